The van der Waals surface area contributed by atoms with Gasteiger partial charge in [0.25, 0.3) is 5.91 Å². The van der Waals surface area contributed by atoms with Gasteiger partial charge < -0.3 is 19.5 Å². The van der Waals surface area contributed by atoms with Gasteiger partial charge in [-0.05, 0) is 55.1 Å². The number of nitrogens with zero attached hydrogens (tertiary/aromatic N) is 2. The van der Waals surface area contributed by atoms with Gasteiger partial charge in [0.1, 0.15) is 5.58 Å². The summed E-state index contributed by atoms with van der Waals surface area (Å²) in [7, 11) is 2.11. The Morgan fingerprint density at radius 2 is 1.68 bits per heavy atom. The fraction of sp³-hybridized carbons (Fsp3) is 0.185. The van der Waals surface area contributed by atoms with Crippen LogP contribution in [0.2, 0.25) is 5.02 Å². The largest absolute Gasteiger partial charge is 0.422 e. The molecule has 1 aliphatic heterocycles. The minimum Gasteiger partial charge on any atom is -0.422 e. The molecule has 1 amide bonds. The quantitative estimate of drug-likeness (QED) is 0.417. The molecule has 1 saturated heterocycles. The number of carbonyl (C=O) groups is 1. The molecule has 1 aliphatic rings. The molecule has 1 fully saturated rings. The van der Waals surface area contributed by atoms with Crippen LogP contribution >= 0.6 is 11.6 Å². The SMILES string of the molecule is CN1CCN(c2ccc(NC(=O)c3ccc(-c4cc5ccccc5oc4=O)cc3)cc2Cl)CC1. The van der Waals surface area contributed by atoms with Crippen LogP contribution in [0.4, 0.5) is 11.4 Å². The molecular formula is C27H24ClN3O3. The summed E-state index contributed by atoms with van der Waals surface area (Å²) in [4.78, 5) is 29.8. The number of halogens is 1. The molecule has 0 aliphatic carbocycles. The minimum atomic E-state index is -0.411. The smallest absolute Gasteiger partial charge is 0.344 e. The van der Waals surface area contributed by atoms with Gasteiger partial charge in [-0.3, -0.25) is 4.79 Å². The van der Waals surface area contributed by atoms with Gasteiger partial charge in [-0.1, -0.05) is 41.9 Å². The first-order chi connectivity index (χ1) is 16.5. The lowest BCUT2D eigenvalue weighted by Crippen LogP contribution is -2.44. The van der Waals surface area contributed by atoms with Crippen molar-refractivity contribution >= 4 is 39.9 Å². The lowest BCUT2D eigenvalue weighted by atomic mass is 10.0. The van der Waals surface area contributed by atoms with Crippen molar-refractivity contribution in [1.82, 2.24) is 4.90 Å². The molecular weight excluding hydrogens is 450 g/mol. The van der Waals surface area contributed by atoms with Crippen molar-refractivity contribution in [2.75, 3.05) is 43.4 Å². The summed E-state index contributed by atoms with van der Waals surface area (Å²) in [5.41, 5.74) is 3.37. The first kappa shape index (κ1) is 22.2. The molecule has 172 valence electrons. The number of nitrogens with one attached hydrogen (secondary N) is 1. The molecule has 0 radical (unpaired) electrons. The lowest BCUT2D eigenvalue weighted by Gasteiger charge is -2.34. The molecule has 0 saturated carbocycles. The van der Waals surface area contributed by atoms with Gasteiger partial charge in [-0.15, -0.1) is 0 Å². The topological polar surface area (TPSA) is 65.8 Å². The summed E-state index contributed by atoms with van der Waals surface area (Å²) >= 11 is 6.53. The van der Waals surface area contributed by atoms with E-state index < -0.39 is 5.63 Å². The number of piperazine rings is 1. The Bertz CT molecular complexity index is 1410. The van der Waals surface area contributed by atoms with E-state index in [0.29, 0.717) is 33.0 Å². The second-order valence-electron chi connectivity index (χ2n) is 8.47. The Morgan fingerprint density at radius 3 is 2.41 bits per heavy atom. The number of benzene rings is 3. The van der Waals surface area contributed by atoms with Crippen molar-refractivity contribution in [3.8, 4) is 11.1 Å². The summed E-state index contributed by atoms with van der Waals surface area (Å²) in [5.74, 6) is -0.250. The molecule has 7 heteroatoms. The van der Waals surface area contributed by atoms with Crippen LogP contribution in [-0.2, 0) is 0 Å². The van der Waals surface area contributed by atoms with Gasteiger partial charge in [0, 0.05) is 42.8 Å². The monoisotopic (exact) mass is 473 g/mol. The van der Waals surface area contributed by atoms with Crippen LogP contribution in [0, 0.1) is 0 Å². The maximum Gasteiger partial charge on any atom is 0.344 e. The summed E-state index contributed by atoms with van der Waals surface area (Å²) in [6.07, 6.45) is 0. The first-order valence-electron chi connectivity index (χ1n) is 11.2. The van der Waals surface area contributed by atoms with E-state index in [-0.39, 0.29) is 5.91 Å². The first-order valence-corrected chi connectivity index (χ1v) is 11.5. The molecule has 3 aromatic carbocycles. The Labute approximate surface area is 202 Å². The van der Waals surface area contributed by atoms with Crippen LogP contribution in [0.15, 0.2) is 82.0 Å². The predicted octanol–water partition coefficient (Wildman–Crippen LogP) is 5.12. The fourth-order valence-corrected chi connectivity index (χ4v) is 4.46. The van der Waals surface area contributed by atoms with E-state index in [1.54, 1.807) is 42.5 Å². The summed E-state index contributed by atoms with van der Waals surface area (Å²) in [6, 6.07) is 21.7. The van der Waals surface area contributed by atoms with Crippen LogP contribution in [0.5, 0.6) is 0 Å². The van der Waals surface area contributed by atoms with E-state index in [4.69, 9.17) is 16.0 Å². The van der Waals surface area contributed by atoms with E-state index in [9.17, 15) is 9.59 Å². The predicted molar refractivity (Wildman–Crippen MR) is 137 cm³/mol. The van der Waals surface area contributed by atoms with E-state index >= 15 is 0 Å². The van der Waals surface area contributed by atoms with Crippen molar-refractivity contribution in [3.63, 3.8) is 0 Å². The number of carbonyl (C=O) groups excluding carboxylic acids is 1. The third-order valence-corrected chi connectivity index (χ3v) is 6.45. The molecule has 1 aromatic heterocycles. The van der Waals surface area contributed by atoms with Crippen LogP contribution in [-0.4, -0.2) is 44.0 Å². The maximum atomic E-state index is 12.8. The van der Waals surface area contributed by atoms with Gasteiger partial charge in [0.15, 0.2) is 0 Å². The molecule has 6 nitrogen and oxygen atoms in total. The third kappa shape index (κ3) is 4.55. The summed E-state index contributed by atoms with van der Waals surface area (Å²) in [6.45, 7) is 3.82. The minimum absolute atomic E-state index is 0.250. The normalized spacial score (nSPS) is 14.4. The highest BCUT2D eigenvalue weighted by atomic mass is 35.5. The zero-order valence-corrected chi connectivity index (χ0v) is 19.5. The van der Waals surface area contributed by atoms with Crippen LogP contribution in [0.1, 0.15) is 10.4 Å². The van der Waals surface area contributed by atoms with E-state index in [0.717, 1.165) is 37.3 Å². The molecule has 5 rings (SSSR count). The molecule has 2 heterocycles. The number of para-hydroxylation sites is 1. The molecule has 0 bridgehead atoms. The molecule has 0 unspecified atom stereocenters. The molecule has 34 heavy (non-hydrogen) atoms. The number of fused-ring (bicyclic) bond motifs is 1. The molecule has 1 N–H and O–H groups in total. The highest BCUT2D eigenvalue weighted by Gasteiger charge is 2.17. The zero-order chi connectivity index (χ0) is 23.7. The molecule has 0 atom stereocenters. The van der Waals surface area contributed by atoms with Crippen molar-refractivity contribution in [1.29, 1.82) is 0 Å². The van der Waals surface area contributed by atoms with Gasteiger partial charge in [-0.2, -0.15) is 0 Å². The summed E-state index contributed by atoms with van der Waals surface area (Å²) < 4.78 is 5.42. The van der Waals surface area contributed by atoms with Crippen molar-refractivity contribution in [3.05, 3.63) is 93.8 Å². The maximum absolute atomic E-state index is 12.8. The van der Waals surface area contributed by atoms with Crippen molar-refractivity contribution < 1.29 is 9.21 Å². The Balaban J connectivity index is 1.31. The van der Waals surface area contributed by atoms with E-state index in [2.05, 4.69) is 22.2 Å². The Morgan fingerprint density at radius 1 is 0.941 bits per heavy atom. The van der Waals surface area contributed by atoms with E-state index in [1.165, 1.54) is 0 Å². The van der Waals surface area contributed by atoms with Crippen molar-refractivity contribution in [2.45, 2.75) is 0 Å². The number of amides is 1. The molecule has 0 spiro atoms. The number of likely N-dealkylation sites (N-methyl/N-ethyl adjacent to an activating group) is 1. The fourth-order valence-electron chi connectivity index (χ4n) is 4.16. The van der Waals surface area contributed by atoms with Gasteiger partial charge in [0.2, 0.25) is 0 Å². The van der Waals surface area contributed by atoms with Gasteiger partial charge >= 0.3 is 5.63 Å². The average molecular weight is 474 g/mol. The van der Waals surface area contributed by atoms with Crippen LogP contribution in [0.25, 0.3) is 22.1 Å². The Kier molecular flexibility index (Phi) is 6.09. The second kappa shape index (κ2) is 9.33. The van der Waals surface area contributed by atoms with Crippen molar-refractivity contribution in [2.24, 2.45) is 0 Å². The standard InChI is InChI=1S/C27H24ClN3O3/c1-30-12-14-31(15-13-30)24-11-10-21(17-23(24)28)29-26(32)19-8-6-18(7-9-19)22-16-20-4-2-3-5-25(20)34-27(22)33/h2-11,16-17H,12-15H2,1H3,(H,29,32). The molecule has 4 aromatic rings. The van der Waals surface area contributed by atoms with E-state index in [1.807, 2.05) is 30.3 Å². The average Bonchev–Trinajstić information content (AvgIpc) is 2.84. The zero-order valence-electron chi connectivity index (χ0n) is 18.8. The second-order valence-corrected chi connectivity index (χ2v) is 8.88. The number of hydrogen-bond acceptors (Lipinski definition) is 5. The van der Waals surface area contributed by atoms with Crippen LogP contribution in [0.3, 0.4) is 0 Å². The van der Waals surface area contributed by atoms with Gasteiger partial charge in [-0.25, -0.2) is 4.79 Å². The van der Waals surface area contributed by atoms with Gasteiger partial charge in [0.05, 0.1) is 16.3 Å². The third-order valence-electron chi connectivity index (χ3n) is 6.15. The Hall–Kier alpha value is -3.61. The highest BCUT2D eigenvalue weighted by molar-refractivity contribution is 6.33. The highest BCUT2D eigenvalue weighted by Crippen LogP contribution is 2.30. The number of anilines is 2. The number of hydrogen-bond donors (Lipinski definition) is 1. The lowest BCUT2D eigenvalue weighted by molar-refractivity contribution is 0.102. The van der Waals surface area contributed by atoms with Crippen LogP contribution < -0.4 is 15.8 Å². The summed E-state index contributed by atoms with van der Waals surface area (Å²) in [5, 5.41) is 4.36. The number of rotatable bonds is 4.